The molecule has 4 nitrogen and oxygen atoms in total. The van der Waals surface area contributed by atoms with Crippen molar-refractivity contribution in [3.05, 3.63) is 0 Å². The van der Waals surface area contributed by atoms with Gasteiger partial charge in [0.2, 0.25) is 5.91 Å². The molecule has 0 aromatic carbocycles. The van der Waals surface area contributed by atoms with Crippen LogP contribution in [0.4, 0.5) is 0 Å². The van der Waals surface area contributed by atoms with Gasteiger partial charge in [-0.3, -0.25) is 9.79 Å². The Morgan fingerprint density at radius 2 is 2.06 bits per heavy atom. The standard InChI is InChI=1S/C14H22N2O2/c1-9(17)4-2-3-7-16-13-11-6-5-10(8-11)12(13)14(15)18/h7,10-13H,2-6,8H2,1H3,(H2,15,18). The highest BCUT2D eigenvalue weighted by molar-refractivity contribution is 5.79. The van der Waals surface area contributed by atoms with Crippen LogP contribution < -0.4 is 5.73 Å². The minimum absolute atomic E-state index is 0.0483. The maximum atomic E-state index is 11.5. The van der Waals surface area contributed by atoms with Crippen LogP contribution in [0.15, 0.2) is 4.99 Å². The Morgan fingerprint density at radius 3 is 2.72 bits per heavy atom. The number of Topliss-reactive ketones (excluding diaryl/α,β-unsaturated/α-hetero) is 1. The van der Waals surface area contributed by atoms with E-state index in [1.54, 1.807) is 6.92 Å². The molecule has 0 heterocycles. The van der Waals surface area contributed by atoms with E-state index in [4.69, 9.17) is 5.73 Å². The lowest BCUT2D eigenvalue weighted by Crippen LogP contribution is -2.37. The predicted octanol–water partition coefficient (Wildman–Crippen LogP) is 1.72. The fraction of sp³-hybridized carbons (Fsp3) is 0.786. The first-order chi connectivity index (χ1) is 8.59. The van der Waals surface area contributed by atoms with Crippen LogP contribution in [0.3, 0.4) is 0 Å². The zero-order valence-corrected chi connectivity index (χ0v) is 11.0. The fourth-order valence-corrected chi connectivity index (χ4v) is 3.51. The summed E-state index contributed by atoms with van der Waals surface area (Å²) in [7, 11) is 0. The number of rotatable bonds is 6. The Hall–Kier alpha value is -1.19. The third-order valence-corrected chi connectivity index (χ3v) is 4.34. The number of ketones is 1. The Labute approximate surface area is 108 Å². The van der Waals surface area contributed by atoms with Crippen molar-refractivity contribution in [3.8, 4) is 0 Å². The van der Waals surface area contributed by atoms with E-state index >= 15 is 0 Å². The van der Waals surface area contributed by atoms with E-state index in [0.29, 0.717) is 18.3 Å². The van der Waals surface area contributed by atoms with Crippen LogP contribution in [0.25, 0.3) is 0 Å². The zero-order chi connectivity index (χ0) is 13.1. The first kappa shape index (κ1) is 13.2. The summed E-state index contributed by atoms with van der Waals surface area (Å²) >= 11 is 0. The highest BCUT2D eigenvalue weighted by atomic mass is 16.1. The van der Waals surface area contributed by atoms with Gasteiger partial charge in [0.1, 0.15) is 5.78 Å². The normalized spacial score (nSPS) is 34.3. The average molecular weight is 250 g/mol. The van der Waals surface area contributed by atoms with Crippen molar-refractivity contribution >= 4 is 17.9 Å². The summed E-state index contributed by atoms with van der Waals surface area (Å²) in [6, 6.07) is 0.110. The summed E-state index contributed by atoms with van der Waals surface area (Å²) in [4.78, 5) is 26.9. The van der Waals surface area contributed by atoms with Crippen LogP contribution in [-0.4, -0.2) is 23.9 Å². The molecule has 2 N–H and O–H groups in total. The minimum Gasteiger partial charge on any atom is -0.369 e. The van der Waals surface area contributed by atoms with Crippen molar-refractivity contribution in [2.24, 2.45) is 28.5 Å². The van der Waals surface area contributed by atoms with E-state index in [2.05, 4.69) is 4.99 Å². The molecule has 0 radical (unpaired) electrons. The van der Waals surface area contributed by atoms with E-state index < -0.39 is 0 Å². The van der Waals surface area contributed by atoms with Crippen LogP contribution in [0.2, 0.25) is 0 Å². The zero-order valence-electron chi connectivity index (χ0n) is 11.0. The first-order valence-electron chi connectivity index (χ1n) is 6.90. The molecule has 0 saturated heterocycles. The summed E-state index contributed by atoms with van der Waals surface area (Å²) < 4.78 is 0. The van der Waals surface area contributed by atoms with Crippen molar-refractivity contribution < 1.29 is 9.59 Å². The molecule has 2 bridgehead atoms. The van der Waals surface area contributed by atoms with Gasteiger partial charge in [-0.2, -0.15) is 0 Å². The number of nitrogens with zero attached hydrogens (tertiary/aromatic N) is 1. The first-order valence-corrected chi connectivity index (χ1v) is 6.90. The summed E-state index contributed by atoms with van der Waals surface area (Å²) in [6.45, 7) is 1.61. The smallest absolute Gasteiger partial charge is 0.222 e. The molecule has 4 heteroatoms. The number of primary amides is 1. The molecule has 2 saturated carbocycles. The summed E-state index contributed by atoms with van der Waals surface area (Å²) in [5.74, 6) is 1.00. The van der Waals surface area contributed by atoms with E-state index in [9.17, 15) is 9.59 Å². The monoisotopic (exact) mass is 250 g/mol. The van der Waals surface area contributed by atoms with E-state index in [1.807, 2.05) is 6.21 Å². The number of nitrogens with two attached hydrogens (primary N) is 1. The van der Waals surface area contributed by atoms with Gasteiger partial charge in [0.05, 0.1) is 12.0 Å². The molecule has 1 amide bonds. The quantitative estimate of drug-likeness (QED) is 0.576. The van der Waals surface area contributed by atoms with Crippen LogP contribution >= 0.6 is 0 Å². The number of hydrogen-bond acceptors (Lipinski definition) is 3. The number of aliphatic imine (C=N–C) groups is 1. The molecular formula is C14H22N2O2. The third-order valence-electron chi connectivity index (χ3n) is 4.34. The van der Waals surface area contributed by atoms with Gasteiger partial charge < -0.3 is 10.5 Å². The van der Waals surface area contributed by atoms with Crippen molar-refractivity contribution in [2.75, 3.05) is 0 Å². The van der Waals surface area contributed by atoms with E-state index in [0.717, 1.165) is 25.7 Å². The summed E-state index contributed by atoms with van der Waals surface area (Å²) in [5, 5.41) is 0. The number of amides is 1. The summed E-state index contributed by atoms with van der Waals surface area (Å²) in [6.07, 6.45) is 7.60. The van der Waals surface area contributed by atoms with Gasteiger partial charge in [-0.1, -0.05) is 0 Å². The molecule has 100 valence electrons. The van der Waals surface area contributed by atoms with Crippen LogP contribution in [0.1, 0.15) is 45.4 Å². The van der Waals surface area contributed by atoms with Gasteiger partial charge >= 0.3 is 0 Å². The van der Waals surface area contributed by atoms with Crippen LogP contribution in [-0.2, 0) is 9.59 Å². The molecule has 2 fully saturated rings. The van der Waals surface area contributed by atoms with E-state index in [-0.39, 0.29) is 23.7 Å². The van der Waals surface area contributed by atoms with Gasteiger partial charge in [-0.25, -0.2) is 0 Å². The second kappa shape index (κ2) is 5.63. The second-order valence-electron chi connectivity index (χ2n) is 5.68. The minimum atomic E-state index is -0.187. The van der Waals surface area contributed by atoms with Crippen molar-refractivity contribution in [2.45, 2.75) is 51.5 Å². The highest BCUT2D eigenvalue weighted by Crippen LogP contribution is 2.49. The van der Waals surface area contributed by atoms with Crippen LogP contribution in [0, 0.1) is 17.8 Å². The van der Waals surface area contributed by atoms with Gasteiger partial charge in [-0.05, 0) is 57.1 Å². The molecule has 2 aliphatic carbocycles. The van der Waals surface area contributed by atoms with Crippen LogP contribution in [0.5, 0.6) is 0 Å². The molecule has 4 unspecified atom stereocenters. The highest BCUT2D eigenvalue weighted by Gasteiger charge is 2.49. The Morgan fingerprint density at radius 1 is 1.33 bits per heavy atom. The fourth-order valence-electron chi connectivity index (χ4n) is 3.51. The Kier molecular flexibility index (Phi) is 4.15. The number of hydrogen-bond donors (Lipinski definition) is 1. The summed E-state index contributed by atoms with van der Waals surface area (Å²) in [5.41, 5.74) is 5.49. The molecule has 0 aromatic heterocycles. The lowest BCUT2D eigenvalue weighted by molar-refractivity contribution is -0.123. The van der Waals surface area contributed by atoms with E-state index in [1.165, 1.54) is 6.42 Å². The van der Waals surface area contributed by atoms with Gasteiger partial charge in [0.15, 0.2) is 0 Å². The SMILES string of the molecule is CC(=O)CCCC=NC1C2CCC(C2)C1C(N)=O. The van der Waals surface area contributed by atoms with Gasteiger partial charge in [0, 0.05) is 6.42 Å². The topological polar surface area (TPSA) is 72.5 Å². The lowest BCUT2D eigenvalue weighted by Gasteiger charge is -2.25. The second-order valence-corrected chi connectivity index (χ2v) is 5.68. The largest absolute Gasteiger partial charge is 0.369 e. The maximum absolute atomic E-state index is 11.5. The predicted molar refractivity (Wildman–Crippen MR) is 70.3 cm³/mol. The number of carbonyl (C=O) groups excluding carboxylic acids is 2. The Bertz CT molecular complexity index is 365. The lowest BCUT2D eigenvalue weighted by atomic mass is 9.84. The third kappa shape index (κ3) is 2.79. The molecule has 2 aliphatic rings. The molecule has 4 atom stereocenters. The number of unbranched alkanes of at least 4 members (excludes halogenated alkanes) is 1. The Balaban J connectivity index is 1.85. The molecule has 0 aliphatic heterocycles. The molecule has 0 spiro atoms. The molecule has 2 rings (SSSR count). The van der Waals surface area contributed by atoms with Gasteiger partial charge in [0.25, 0.3) is 0 Å². The molecular weight excluding hydrogens is 228 g/mol. The average Bonchev–Trinajstić information content (AvgIpc) is 2.87. The number of fused-ring (bicyclic) bond motifs is 2. The molecule has 0 aromatic rings. The van der Waals surface area contributed by atoms with Crippen molar-refractivity contribution in [3.63, 3.8) is 0 Å². The maximum Gasteiger partial charge on any atom is 0.222 e. The van der Waals surface area contributed by atoms with Crippen molar-refractivity contribution in [1.29, 1.82) is 0 Å². The van der Waals surface area contributed by atoms with Crippen molar-refractivity contribution in [1.82, 2.24) is 0 Å². The van der Waals surface area contributed by atoms with Gasteiger partial charge in [-0.15, -0.1) is 0 Å². The number of carbonyl (C=O) groups is 2. The molecule has 18 heavy (non-hydrogen) atoms.